The highest BCUT2D eigenvalue weighted by molar-refractivity contribution is 5.91. The standard InChI is InChI=1S/C17H19N9O/c27-14(13-21-15-18-2-1-3-25(15)23-13)22-16-5-11-4-12(6-16)8-17(7-11,9-16)26-20-10-19-24-26/h1-3,10-12H,4-9H2,(H,22,27)/t11-,12+,16?,17?. The van der Waals surface area contributed by atoms with Crippen molar-refractivity contribution in [3.63, 3.8) is 0 Å². The van der Waals surface area contributed by atoms with E-state index in [-0.39, 0.29) is 22.8 Å². The summed E-state index contributed by atoms with van der Waals surface area (Å²) in [7, 11) is 0. The van der Waals surface area contributed by atoms with Crippen LogP contribution < -0.4 is 5.32 Å². The van der Waals surface area contributed by atoms with Gasteiger partial charge >= 0.3 is 0 Å². The van der Waals surface area contributed by atoms with Crippen LogP contribution in [-0.2, 0) is 5.54 Å². The van der Waals surface area contributed by atoms with Crippen LogP contribution in [0.15, 0.2) is 24.8 Å². The summed E-state index contributed by atoms with van der Waals surface area (Å²) in [6.45, 7) is 0. The molecular formula is C17H19N9O. The first kappa shape index (κ1) is 15.2. The lowest BCUT2D eigenvalue weighted by molar-refractivity contribution is -0.0811. The average Bonchev–Trinajstić information content (AvgIpc) is 3.30. The van der Waals surface area contributed by atoms with Gasteiger partial charge in [-0.2, -0.15) is 9.78 Å². The smallest absolute Gasteiger partial charge is 0.291 e. The fourth-order valence-corrected chi connectivity index (χ4v) is 6.10. The third-order valence-corrected chi connectivity index (χ3v) is 6.50. The van der Waals surface area contributed by atoms with Crippen molar-refractivity contribution in [3.05, 3.63) is 30.6 Å². The molecule has 0 aromatic carbocycles. The van der Waals surface area contributed by atoms with Crippen molar-refractivity contribution in [2.24, 2.45) is 11.8 Å². The van der Waals surface area contributed by atoms with Gasteiger partial charge in [-0.25, -0.2) is 9.50 Å². The summed E-state index contributed by atoms with van der Waals surface area (Å²) in [5.74, 6) is 1.51. The van der Waals surface area contributed by atoms with Gasteiger partial charge in [0.05, 0.1) is 5.54 Å². The van der Waals surface area contributed by atoms with Crippen LogP contribution in [-0.4, -0.2) is 51.2 Å². The van der Waals surface area contributed by atoms with E-state index < -0.39 is 0 Å². The summed E-state index contributed by atoms with van der Waals surface area (Å²) in [6.07, 6.45) is 11.1. The van der Waals surface area contributed by atoms with E-state index in [0.29, 0.717) is 17.6 Å². The third kappa shape index (κ3) is 2.22. The Morgan fingerprint density at radius 3 is 2.81 bits per heavy atom. The van der Waals surface area contributed by atoms with Gasteiger partial charge in [0.25, 0.3) is 11.7 Å². The zero-order chi connectivity index (χ0) is 18.1. The number of nitrogens with one attached hydrogen (secondary N) is 1. The maximum absolute atomic E-state index is 13.0. The first-order valence-corrected chi connectivity index (χ1v) is 9.37. The SMILES string of the molecule is O=C(NC12C[C@H]3C[C@@H](C1)CC(n1ncnn1)(C3)C2)c1nc2ncccn2n1. The lowest BCUT2D eigenvalue weighted by Gasteiger charge is -2.61. The Labute approximate surface area is 154 Å². The molecule has 4 saturated carbocycles. The molecule has 0 aliphatic heterocycles. The minimum Gasteiger partial charge on any atom is -0.344 e. The molecule has 10 heteroatoms. The molecule has 10 nitrogen and oxygen atoms in total. The second kappa shape index (κ2) is 5.08. The number of hydrogen-bond acceptors (Lipinski definition) is 7. The van der Waals surface area contributed by atoms with Crippen molar-refractivity contribution in [2.75, 3.05) is 0 Å². The van der Waals surface area contributed by atoms with E-state index in [4.69, 9.17) is 0 Å². The molecule has 4 aliphatic carbocycles. The third-order valence-electron chi connectivity index (χ3n) is 6.50. The summed E-state index contributed by atoms with van der Waals surface area (Å²) < 4.78 is 1.52. The van der Waals surface area contributed by atoms with Crippen molar-refractivity contribution in [1.29, 1.82) is 0 Å². The second-order valence-electron chi connectivity index (χ2n) is 8.44. The minimum absolute atomic E-state index is 0.137. The van der Waals surface area contributed by atoms with Crippen molar-refractivity contribution in [3.8, 4) is 0 Å². The fourth-order valence-electron chi connectivity index (χ4n) is 6.10. The molecule has 3 aromatic rings. The number of amides is 1. The molecule has 1 amide bonds. The van der Waals surface area contributed by atoms with Crippen LogP contribution in [0.2, 0.25) is 0 Å². The van der Waals surface area contributed by atoms with Gasteiger partial charge in [-0.15, -0.1) is 15.3 Å². The van der Waals surface area contributed by atoms with Crippen molar-refractivity contribution < 1.29 is 4.79 Å². The molecule has 3 aromatic heterocycles. The molecule has 27 heavy (non-hydrogen) atoms. The molecule has 138 valence electrons. The van der Waals surface area contributed by atoms with Crippen LogP contribution in [0.3, 0.4) is 0 Å². The number of hydrogen-bond donors (Lipinski definition) is 1. The predicted molar refractivity (Wildman–Crippen MR) is 91.5 cm³/mol. The number of rotatable bonds is 3. The molecular weight excluding hydrogens is 346 g/mol. The number of carbonyl (C=O) groups is 1. The van der Waals surface area contributed by atoms with E-state index in [0.717, 1.165) is 32.1 Å². The zero-order valence-corrected chi connectivity index (χ0v) is 14.7. The fraction of sp³-hybridized carbons (Fsp3) is 0.588. The monoisotopic (exact) mass is 365 g/mol. The first-order valence-electron chi connectivity index (χ1n) is 9.37. The van der Waals surface area contributed by atoms with Crippen LogP contribution in [0, 0.1) is 11.8 Å². The summed E-state index contributed by atoms with van der Waals surface area (Å²) in [6, 6.07) is 1.76. The lowest BCUT2D eigenvalue weighted by Crippen LogP contribution is -2.66. The summed E-state index contributed by atoms with van der Waals surface area (Å²) >= 11 is 0. The molecule has 0 radical (unpaired) electrons. The van der Waals surface area contributed by atoms with Gasteiger partial charge in [-0.1, -0.05) is 0 Å². The molecule has 4 aliphatic rings. The molecule has 4 atom stereocenters. The highest BCUT2D eigenvalue weighted by Crippen LogP contribution is 2.60. The number of fused-ring (bicyclic) bond motifs is 1. The van der Waals surface area contributed by atoms with Crippen LogP contribution in [0.5, 0.6) is 0 Å². The van der Waals surface area contributed by atoms with Gasteiger partial charge in [0.15, 0.2) is 6.33 Å². The number of tetrazole rings is 1. The van der Waals surface area contributed by atoms with E-state index in [9.17, 15) is 4.79 Å². The lowest BCUT2D eigenvalue weighted by atomic mass is 9.50. The number of aromatic nitrogens is 8. The van der Waals surface area contributed by atoms with E-state index >= 15 is 0 Å². The summed E-state index contributed by atoms with van der Waals surface area (Å²) in [4.78, 5) is 23.2. The van der Waals surface area contributed by atoms with Crippen LogP contribution in [0.4, 0.5) is 0 Å². The Morgan fingerprint density at radius 2 is 2.07 bits per heavy atom. The van der Waals surface area contributed by atoms with Crippen LogP contribution in [0.1, 0.15) is 49.1 Å². The van der Waals surface area contributed by atoms with E-state index in [1.54, 1.807) is 23.3 Å². The van der Waals surface area contributed by atoms with Gasteiger partial charge in [0, 0.05) is 17.9 Å². The Bertz CT molecular complexity index is 979. The second-order valence-corrected chi connectivity index (χ2v) is 8.44. The molecule has 2 unspecified atom stereocenters. The Hall–Kier alpha value is -2.91. The molecule has 0 saturated heterocycles. The topological polar surface area (TPSA) is 116 Å². The highest BCUT2D eigenvalue weighted by Gasteiger charge is 2.60. The molecule has 3 heterocycles. The van der Waals surface area contributed by atoms with Crippen LogP contribution >= 0.6 is 0 Å². The number of carbonyl (C=O) groups excluding carboxylic acids is 1. The van der Waals surface area contributed by atoms with Gasteiger partial charge < -0.3 is 5.32 Å². The normalized spacial score (nSPS) is 34.2. The predicted octanol–water partition coefficient (Wildman–Crippen LogP) is 0.589. The minimum atomic E-state index is -0.250. The van der Waals surface area contributed by atoms with Gasteiger partial charge in [0.2, 0.25) is 5.82 Å². The molecule has 7 rings (SSSR count). The zero-order valence-electron chi connectivity index (χ0n) is 14.7. The van der Waals surface area contributed by atoms with Crippen molar-refractivity contribution in [1.82, 2.24) is 45.1 Å². The first-order chi connectivity index (χ1) is 13.1. The average molecular weight is 365 g/mol. The summed E-state index contributed by atoms with van der Waals surface area (Å²) in [5.41, 5.74) is -0.387. The maximum Gasteiger partial charge on any atom is 0.291 e. The molecule has 4 bridgehead atoms. The van der Waals surface area contributed by atoms with E-state index in [1.807, 2.05) is 0 Å². The quantitative estimate of drug-likeness (QED) is 0.722. The Balaban J connectivity index is 1.33. The van der Waals surface area contributed by atoms with Gasteiger partial charge in [-0.3, -0.25) is 4.79 Å². The van der Waals surface area contributed by atoms with Gasteiger partial charge in [-0.05, 0) is 61.6 Å². The Kier molecular flexibility index (Phi) is 2.86. The van der Waals surface area contributed by atoms with Crippen LogP contribution in [0.25, 0.3) is 5.78 Å². The number of nitrogens with zero attached hydrogens (tertiary/aromatic N) is 8. The van der Waals surface area contributed by atoms with E-state index in [2.05, 4.69) is 35.8 Å². The van der Waals surface area contributed by atoms with Crippen molar-refractivity contribution in [2.45, 2.75) is 49.6 Å². The maximum atomic E-state index is 13.0. The molecule has 0 spiro atoms. The summed E-state index contributed by atoms with van der Waals surface area (Å²) in [5, 5.41) is 20.0. The molecule has 1 N–H and O–H groups in total. The van der Waals surface area contributed by atoms with Gasteiger partial charge in [0.1, 0.15) is 0 Å². The Morgan fingerprint density at radius 1 is 1.22 bits per heavy atom. The molecule has 4 fully saturated rings. The van der Waals surface area contributed by atoms with Crippen molar-refractivity contribution >= 4 is 11.7 Å². The van der Waals surface area contributed by atoms with E-state index in [1.165, 1.54) is 17.3 Å². The highest BCUT2D eigenvalue weighted by atomic mass is 16.2. The largest absolute Gasteiger partial charge is 0.344 e.